The van der Waals surface area contributed by atoms with Gasteiger partial charge in [0.2, 0.25) is 0 Å². The van der Waals surface area contributed by atoms with Gasteiger partial charge in [0.25, 0.3) is 0 Å². The molecule has 2 rings (SSSR count). The molecule has 2 aromatic rings. The lowest BCUT2D eigenvalue weighted by molar-refractivity contribution is 0.0733. The number of ether oxygens (including phenoxy) is 2. The second-order valence-electron chi connectivity index (χ2n) is 3.17. The molecule has 0 aliphatic heterocycles. The van der Waals surface area contributed by atoms with Crippen molar-refractivity contribution in [1.82, 2.24) is 0 Å². The van der Waals surface area contributed by atoms with Gasteiger partial charge in [-0.25, -0.2) is 4.79 Å². The topological polar surface area (TPSA) is 35.5 Å². The zero-order valence-electron chi connectivity index (χ0n) is 9.30. The first-order valence-electron chi connectivity index (χ1n) is 5.20. The van der Waals surface area contributed by atoms with Crippen molar-refractivity contribution in [1.29, 1.82) is 0 Å². The van der Waals surface area contributed by atoms with Gasteiger partial charge in [-0.15, -0.1) is 11.3 Å². The summed E-state index contributed by atoms with van der Waals surface area (Å²) in [5.74, 6) is 0.580. The monoisotopic (exact) mass is 247 g/mol. The highest BCUT2D eigenvalue weighted by Gasteiger charge is 2.12. The third-order valence-electron chi connectivity index (χ3n) is 2.01. The lowest BCUT2D eigenvalue weighted by Gasteiger charge is -2.09. The summed E-state index contributed by atoms with van der Waals surface area (Å²) in [4.78, 5) is 12.3. The second-order valence-corrected chi connectivity index (χ2v) is 4.12. The van der Waals surface area contributed by atoms with Crippen molar-refractivity contribution in [3.8, 4) is 11.5 Å². The molecule has 4 heteroatoms. The van der Waals surface area contributed by atoms with Gasteiger partial charge < -0.3 is 9.47 Å². The van der Waals surface area contributed by atoms with Crippen LogP contribution in [0.5, 0.6) is 11.5 Å². The quantitative estimate of drug-likeness (QED) is 0.615. The molecule has 0 fully saturated rings. The van der Waals surface area contributed by atoms with Gasteiger partial charge in [0.15, 0.2) is 11.5 Å². The molecule has 1 aromatic carbocycles. The fraction of sp³-hybridized carbons (Fsp3) is 0.154. The largest absolute Gasteiger partial charge is 0.490 e. The van der Waals surface area contributed by atoms with Crippen molar-refractivity contribution in [2.24, 2.45) is 0 Å². The van der Waals surface area contributed by atoms with Gasteiger partial charge in [0, 0.05) is 0 Å². The van der Waals surface area contributed by atoms with Crippen LogP contribution in [0.2, 0.25) is 0 Å². The zero-order valence-corrected chi connectivity index (χ0v) is 10.1. The van der Waals surface area contributed by atoms with Crippen molar-refractivity contribution >= 4 is 17.3 Å². The number of benzene rings is 1. The van der Waals surface area contributed by atoms with Crippen molar-refractivity contribution in [3.05, 3.63) is 46.7 Å². The standard InChI is InChI=1S/C13H11O3S/c1-2-15-10-6-3-4-7-11(10)16-13(14)12-8-5-9-17-12/h4-9H,2H2,1H3. The van der Waals surface area contributed by atoms with Crippen LogP contribution in [0.1, 0.15) is 16.6 Å². The van der Waals surface area contributed by atoms with Crippen LogP contribution in [0.15, 0.2) is 35.7 Å². The summed E-state index contributed by atoms with van der Waals surface area (Å²) in [6.07, 6.45) is 0. The van der Waals surface area contributed by atoms with E-state index in [0.717, 1.165) is 0 Å². The SMILES string of the molecule is CCOc1c[c]ccc1OC(=O)c1cccs1. The summed E-state index contributed by atoms with van der Waals surface area (Å²) in [6.45, 7) is 2.39. The molecule has 1 radical (unpaired) electrons. The van der Waals surface area contributed by atoms with E-state index in [0.29, 0.717) is 23.0 Å². The molecule has 87 valence electrons. The summed E-state index contributed by atoms with van der Waals surface area (Å²) >= 11 is 1.35. The maximum absolute atomic E-state index is 11.8. The predicted octanol–water partition coefficient (Wildman–Crippen LogP) is 3.17. The number of hydrogen-bond donors (Lipinski definition) is 0. The molecule has 0 amide bonds. The van der Waals surface area contributed by atoms with E-state index in [-0.39, 0.29) is 5.97 Å². The van der Waals surface area contributed by atoms with E-state index >= 15 is 0 Å². The van der Waals surface area contributed by atoms with Crippen molar-refractivity contribution in [3.63, 3.8) is 0 Å². The normalized spacial score (nSPS) is 9.94. The van der Waals surface area contributed by atoms with Gasteiger partial charge in [-0.05, 0) is 36.6 Å². The van der Waals surface area contributed by atoms with Gasteiger partial charge in [0.05, 0.1) is 6.61 Å². The van der Waals surface area contributed by atoms with E-state index in [1.165, 1.54) is 11.3 Å². The minimum absolute atomic E-state index is 0.368. The average Bonchev–Trinajstić information content (AvgIpc) is 2.85. The van der Waals surface area contributed by atoms with Gasteiger partial charge >= 0.3 is 5.97 Å². The number of carbonyl (C=O) groups excluding carboxylic acids is 1. The molecular weight excluding hydrogens is 236 g/mol. The van der Waals surface area contributed by atoms with E-state index < -0.39 is 0 Å². The molecule has 0 spiro atoms. The number of hydrogen-bond acceptors (Lipinski definition) is 4. The number of carbonyl (C=O) groups is 1. The highest BCUT2D eigenvalue weighted by Crippen LogP contribution is 2.27. The van der Waals surface area contributed by atoms with Gasteiger partial charge in [0.1, 0.15) is 4.88 Å². The molecule has 17 heavy (non-hydrogen) atoms. The third-order valence-corrected chi connectivity index (χ3v) is 2.86. The molecule has 1 aromatic heterocycles. The fourth-order valence-corrected chi connectivity index (χ4v) is 1.90. The summed E-state index contributed by atoms with van der Waals surface area (Å²) < 4.78 is 10.6. The number of esters is 1. The number of thiophene rings is 1. The minimum atomic E-state index is -0.368. The predicted molar refractivity (Wildman–Crippen MR) is 65.7 cm³/mol. The van der Waals surface area contributed by atoms with Crippen LogP contribution in [-0.4, -0.2) is 12.6 Å². The van der Waals surface area contributed by atoms with Crippen molar-refractivity contribution in [2.45, 2.75) is 6.92 Å². The molecule has 0 N–H and O–H groups in total. The summed E-state index contributed by atoms with van der Waals surface area (Å²) in [5.41, 5.74) is 0. The van der Waals surface area contributed by atoms with Crippen LogP contribution >= 0.6 is 11.3 Å². The van der Waals surface area contributed by atoms with Crippen LogP contribution < -0.4 is 9.47 Å². The molecule has 0 bridgehead atoms. The Labute approximate surface area is 104 Å². The Kier molecular flexibility index (Phi) is 3.77. The average molecular weight is 247 g/mol. The summed E-state index contributed by atoms with van der Waals surface area (Å²) in [7, 11) is 0. The van der Waals surface area contributed by atoms with Crippen LogP contribution in [-0.2, 0) is 0 Å². The molecule has 1 heterocycles. The van der Waals surface area contributed by atoms with Gasteiger partial charge in [-0.1, -0.05) is 12.1 Å². The van der Waals surface area contributed by atoms with E-state index in [9.17, 15) is 4.79 Å². The summed E-state index contributed by atoms with van der Waals surface area (Å²) in [6, 6.07) is 11.4. The Morgan fingerprint density at radius 1 is 1.41 bits per heavy atom. The van der Waals surface area contributed by atoms with E-state index in [1.807, 2.05) is 18.4 Å². The Morgan fingerprint density at radius 2 is 2.29 bits per heavy atom. The van der Waals surface area contributed by atoms with E-state index in [2.05, 4.69) is 6.07 Å². The molecule has 0 aliphatic rings. The first-order valence-corrected chi connectivity index (χ1v) is 6.08. The fourth-order valence-electron chi connectivity index (χ4n) is 1.30. The van der Waals surface area contributed by atoms with Crippen LogP contribution in [0.3, 0.4) is 0 Å². The highest BCUT2D eigenvalue weighted by molar-refractivity contribution is 7.12. The molecule has 0 saturated carbocycles. The Hall–Kier alpha value is -1.81. The van der Waals surface area contributed by atoms with E-state index in [4.69, 9.17) is 9.47 Å². The first kappa shape index (κ1) is 11.7. The molecule has 3 nitrogen and oxygen atoms in total. The molecule has 0 atom stereocenters. The first-order chi connectivity index (χ1) is 8.31. The highest BCUT2D eigenvalue weighted by atomic mass is 32.1. The molecule has 0 saturated heterocycles. The second kappa shape index (κ2) is 5.50. The van der Waals surface area contributed by atoms with Crippen LogP contribution in [0.4, 0.5) is 0 Å². The van der Waals surface area contributed by atoms with E-state index in [1.54, 1.807) is 24.3 Å². The smallest absolute Gasteiger partial charge is 0.353 e. The van der Waals surface area contributed by atoms with Crippen LogP contribution in [0, 0.1) is 6.07 Å². The maximum atomic E-state index is 11.8. The van der Waals surface area contributed by atoms with Gasteiger partial charge in [-0.2, -0.15) is 0 Å². The summed E-state index contributed by atoms with van der Waals surface area (Å²) in [5, 5.41) is 1.83. The minimum Gasteiger partial charge on any atom is -0.490 e. The Bertz CT molecular complexity index is 491. The Morgan fingerprint density at radius 3 is 3.00 bits per heavy atom. The lowest BCUT2D eigenvalue weighted by Crippen LogP contribution is -2.07. The maximum Gasteiger partial charge on any atom is 0.353 e. The van der Waals surface area contributed by atoms with Crippen molar-refractivity contribution in [2.75, 3.05) is 6.61 Å². The lowest BCUT2D eigenvalue weighted by atomic mass is 10.3. The van der Waals surface area contributed by atoms with Crippen molar-refractivity contribution < 1.29 is 14.3 Å². The van der Waals surface area contributed by atoms with Crippen LogP contribution in [0.25, 0.3) is 0 Å². The van der Waals surface area contributed by atoms with Gasteiger partial charge in [-0.3, -0.25) is 0 Å². The third kappa shape index (κ3) is 2.85. The zero-order chi connectivity index (χ0) is 12.1. The Balaban J connectivity index is 2.15. The molecular formula is C13H11O3S. The molecule has 0 aliphatic carbocycles. The molecule has 0 unspecified atom stereocenters. The number of rotatable bonds is 4.